The predicted molar refractivity (Wildman–Crippen MR) is 72.0 cm³/mol. The summed E-state index contributed by atoms with van der Waals surface area (Å²) in [6, 6.07) is 0.197. The van der Waals surface area contributed by atoms with Crippen molar-refractivity contribution in [1.29, 1.82) is 0 Å². The van der Waals surface area contributed by atoms with Crippen LogP contribution in [0.15, 0.2) is 0 Å². The van der Waals surface area contributed by atoms with Gasteiger partial charge in [-0.05, 0) is 74.4 Å². The van der Waals surface area contributed by atoms with E-state index in [1.54, 1.807) is 0 Å². The van der Waals surface area contributed by atoms with Gasteiger partial charge in [0.1, 0.15) is 0 Å². The van der Waals surface area contributed by atoms with Crippen molar-refractivity contribution in [1.82, 2.24) is 0 Å². The molecule has 1 nitrogen and oxygen atoms in total. The highest BCUT2D eigenvalue weighted by Gasteiger charge is 2.16. The molecule has 0 aliphatic heterocycles. The number of hydrogen-bond acceptors (Lipinski definition) is 1. The van der Waals surface area contributed by atoms with Gasteiger partial charge in [0.05, 0.1) is 0 Å². The summed E-state index contributed by atoms with van der Waals surface area (Å²) in [6.07, 6.45) is 2.22. The molecule has 0 heterocycles. The van der Waals surface area contributed by atoms with E-state index in [0.717, 1.165) is 12.8 Å². The van der Waals surface area contributed by atoms with E-state index in [2.05, 4.69) is 41.5 Å². The molecular weight excluding hydrogens is 194 g/mol. The SMILES string of the molecule is CCC[C@H](N)c1c(C)c(C)c(C)c(C)c1C. The first kappa shape index (κ1) is 13.2. The smallest absolute Gasteiger partial charge is 0.0300 e. The Morgan fingerprint density at radius 3 is 1.56 bits per heavy atom. The zero-order valence-corrected chi connectivity index (χ0v) is 11.6. The van der Waals surface area contributed by atoms with Crippen molar-refractivity contribution >= 4 is 0 Å². The molecule has 0 amide bonds. The van der Waals surface area contributed by atoms with Gasteiger partial charge in [0.2, 0.25) is 0 Å². The average Bonchev–Trinajstić information content (AvgIpc) is 2.24. The lowest BCUT2D eigenvalue weighted by atomic mass is 9.85. The second-order valence-electron chi connectivity index (χ2n) is 4.93. The number of rotatable bonds is 3. The normalized spacial score (nSPS) is 12.9. The molecule has 0 radical (unpaired) electrons. The summed E-state index contributed by atoms with van der Waals surface area (Å²) < 4.78 is 0. The van der Waals surface area contributed by atoms with Gasteiger partial charge < -0.3 is 5.73 Å². The van der Waals surface area contributed by atoms with Gasteiger partial charge in [0.15, 0.2) is 0 Å². The van der Waals surface area contributed by atoms with Crippen LogP contribution in [0.5, 0.6) is 0 Å². The quantitative estimate of drug-likeness (QED) is 0.816. The van der Waals surface area contributed by atoms with E-state index in [4.69, 9.17) is 5.73 Å². The van der Waals surface area contributed by atoms with Gasteiger partial charge in [-0.15, -0.1) is 0 Å². The molecule has 0 aromatic heterocycles. The van der Waals surface area contributed by atoms with Crippen LogP contribution >= 0.6 is 0 Å². The summed E-state index contributed by atoms with van der Waals surface area (Å²) in [4.78, 5) is 0. The summed E-state index contributed by atoms with van der Waals surface area (Å²) in [5.74, 6) is 0. The van der Waals surface area contributed by atoms with Gasteiger partial charge >= 0.3 is 0 Å². The number of hydrogen-bond donors (Lipinski definition) is 1. The number of benzene rings is 1. The fourth-order valence-corrected chi connectivity index (χ4v) is 2.54. The largest absolute Gasteiger partial charge is 0.324 e. The molecule has 16 heavy (non-hydrogen) atoms. The van der Waals surface area contributed by atoms with E-state index in [0.29, 0.717) is 0 Å². The Bertz CT molecular complexity index is 362. The van der Waals surface area contributed by atoms with Crippen LogP contribution in [0.25, 0.3) is 0 Å². The highest BCUT2D eigenvalue weighted by Crippen LogP contribution is 2.31. The van der Waals surface area contributed by atoms with Gasteiger partial charge in [-0.3, -0.25) is 0 Å². The second-order valence-corrected chi connectivity index (χ2v) is 4.93. The van der Waals surface area contributed by atoms with E-state index in [1.165, 1.54) is 33.4 Å². The van der Waals surface area contributed by atoms with Crippen molar-refractivity contribution in [3.8, 4) is 0 Å². The predicted octanol–water partition coefficient (Wildman–Crippen LogP) is 4.03. The molecule has 0 unspecified atom stereocenters. The topological polar surface area (TPSA) is 26.0 Å². The first-order chi connectivity index (χ1) is 7.41. The first-order valence-corrected chi connectivity index (χ1v) is 6.24. The lowest BCUT2D eigenvalue weighted by Gasteiger charge is -2.23. The van der Waals surface area contributed by atoms with Gasteiger partial charge in [0, 0.05) is 6.04 Å². The van der Waals surface area contributed by atoms with Crippen LogP contribution in [0.2, 0.25) is 0 Å². The molecule has 0 aliphatic rings. The maximum absolute atomic E-state index is 6.30. The third-order valence-corrected chi connectivity index (χ3v) is 4.03. The van der Waals surface area contributed by atoms with Crippen LogP contribution in [-0.2, 0) is 0 Å². The molecule has 90 valence electrons. The van der Waals surface area contributed by atoms with Gasteiger partial charge in [-0.2, -0.15) is 0 Å². The Morgan fingerprint density at radius 1 is 0.812 bits per heavy atom. The first-order valence-electron chi connectivity index (χ1n) is 6.24. The van der Waals surface area contributed by atoms with Crippen molar-refractivity contribution in [2.75, 3.05) is 0 Å². The maximum Gasteiger partial charge on any atom is 0.0300 e. The molecule has 0 aliphatic carbocycles. The molecule has 0 saturated carbocycles. The van der Waals surface area contributed by atoms with Crippen molar-refractivity contribution in [2.24, 2.45) is 5.73 Å². The second kappa shape index (κ2) is 5.01. The van der Waals surface area contributed by atoms with Crippen molar-refractivity contribution < 1.29 is 0 Å². The molecular formula is C15H25N. The molecule has 1 aromatic carbocycles. The van der Waals surface area contributed by atoms with Crippen LogP contribution in [0.3, 0.4) is 0 Å². The molecule has 2 N–H and O–H groups in total. The zero-order valence-electron chi connectivity index (χ0n) is 11.6. The highest BCUT2D eigenvalue weighted by atomic mass is 14.6. The Kier molecular flexibility index (Phi) is 4.15. The minimum Gasteiger partial charge on any atom is -0.324 e. The monoisotopic (exact) mass is 219 g/mol. The van der Waals surface area contributed by atoms with Crippen LogP contribution in [0.4, 0.5) is 0 Å². The molecule has 0 bridgehead atoms. The molecule has 0 spiro atoms. The summed E-state index contributed by atoms with van der Waals surface area (Å²) >= 11 is 0. The Hall–Kier alpha value is -0.820. The Morgan fingerprint density at radius 2 is 1.19 bits per heavy atom. The standard InChI is InChI=1S/C15H25N/c1-7-8-14(16)15-12(5)10(3)9(2)11(4)13(15)6/h14H,7-8,16H2,1-6H3/t14-/m0/s1. The number of nitrogens with two attached hydrogens (primary N) is 1. The van der Waals surface area contributed by atoms with E-state index >= 15 is 0 Å². The van der Waals surface area contributed by atoms with Crippen LogP contribution < -0.4 is 5.73 Å². The molecule has 1 aromatic rings. The third-order valence-electron chi connectivity index (χ3n) is 4.03. The molecule has 0 fully saturated rings. The van der Waals surface area contributed by atoms with Crippen molar-refractivity contribution in [2.45, 2.75) is 60.4 Å². The Labute approximate surface area is 100 Å². The van der Waals surface area contributed by atoms with E-state index in [-0.39, 0.29) is 6.04 Å². The van der Waals surface area contributed by atoms with Crippen molar-refractivity contribution in [3.63, 3.8) is 0 Å². The minimum atomic E-state index is 0.197. The highest BCUT2D eigenvalue weighted by molar-refractivity contribution is 5.50. The summed E-state index contributed by atoms with van der Waals surface area (Å²) in [7, 11) is 0. The van der Waals surface area contributed by atoms with Crippen LogP contribution in [-0.4, -0.2) is 0 Å². The van der Waals surface area contributed by atoms with Gasteiger partial charge in [-0.25, -0.2) is 0 Å². The third kappa shape index (κ3) is 2.15. The van der Waals surface area contributed by atoms with Gasteiger partial charge in [-0.1, -0.05) is 13.3 Å². The van der Waals surface area contributed by atoms with Crippen LogP contribution in [0, 0.1) is 34.6 Å². The molecule has 1 rings (SSSR count). The van der Waals surface area contributed by atoms with E-state index in [9.17, 15) is 0 Å². The minimum absolute atomic E-state index is 0.197. The molecule has 1 atom stereocenters. The fourth-order valence-electron chi connectivity index (χ4n) is 2.54. The van der Waals surface area contributed by atoms with Crippen LogP contribution in [0.1, 0.15) is 59.2 Å². The van der Waals surface area contributed by atoms with Gasteiger partial charge in [0.25, 0.3) is 0 Å². The summed E-state index contributed by atoms with van der Waals surface area (Å²) in [5, 5.41) is 0. The lowest BCUT2D eigenvalue weighted by Crippen LogP contribution is -2.15. The van der Waals surface area contributed by atoms with E-state index < -0.39 is 0 Å². The maximum atomic E-state index is 6.30. The van der Waals surface area contributed by atoms with E-state index in [1.807, 2.05) is 0 Å². The summed E-state index contributed by atoms with van der Waals surface area (Å²) in [5.41, 5.74) is 14.7. The van der Waals surface area contributed by atoms with Crippen molar-refractivity contribution in [3.05, 3.63) is 33.4 Å². The zero-order chi connectivity index (χ0) is 12.5. The fraction of sp³-hybridized carbons (Fsp3) is 0.600. The average molecular weight is 219 g/mol. The molecule has 1 heteroatoms. The Balaban J connectivity index is 3.39. The summed E-state index contributed by atoms with van der Waals surface area (Å²) in [6.45, 7) is 13.2. The lowest BCUT2D eigenvalue weighted by molar-refractivity contribution is 0.630. The molecule has 0 saturated heterocycles.